The fraction of sp³-hybridized carbons (Fsp3) is 0.846. The molecule has 2 aliphatic rings. The van der Waals surface area contributed by atoms with Crippen molar-refractivity contribution in [3.63, 3.8) is 0 Å². The van der Waals surface area contributed by atoms with Gasteiger partial charge in [0.1, 0.15) is 6.04 Å². The Morgan fingerprint density at radius 3 is 2.62 bits per heavy atom. The van der Waals surface area contributed by atoms with E-state index in [-0.39, 0.29) is 19.0 Å². The van der Waals surface area contributed by atoms with Gasteiger partial charge >= 0.3 is 12.0 Å². The highest BCUT2D eigenvalue weighted by atomic mass is 16.4. The Morgan fingerprint density at radius 2 is 1.95 bits per heavy atom. The van der Waals surface area contributed by atoms with Crippen LogP contribution in [0.3, 0.4) is 0 Å². The van der Waals surface area contributed by atoms with Crippen LogP contribution in [0.15, 0.2) is 0 Å². The second-order valence-electron chi connectivity index (χ2n) is 5.98. The molecule has 0 aliphatic carbocycles. The number of likely N-dealkylation sites (N-methyl/N-ethyl adjacent to an activating group) is 2. The Morgan fingerprint density at radius 1 is 1.24 bits per heavy atom. The first kappa shape index (κ1) is 16.0. The highest BCUT2D eigenvalue weighted by Crippen LogP contribution is 2.18. The minimum absolute atomic E-state index is 0.0726. The first-order chi connectivity index (χ1) is 9.88. The molecular formula is C13H24N4O4. The number of urea groups is 1. The molecule has 3 N–H and O–H groups in total. The molecule has 0 spiro atoms. The van der Waals surface area contributed by atoms with Crippen LogP contribution in [-0.4, -0.2) is 102 Å². The number of aliphatic hydroxyl groups excluding tert-OH is 1. The van der Waals surface area contributed by atoms with Gasteiger partial charge in [0.15, 0.2) is 0 Å². The van der Waals surface area contributed by atoms with E-state index < -0.39 is 24.1 Å². The summed E-state index contributed by atoms with van der Waals surface area (Å²) in [6.45, 7) is 3.35. The van der Waals surface area contributed by atoms with Crippen molar-refractivity contribution < 1.29 is 19.8 Å². The summed E-state index contributed by atoms with van der Waals surface area (Å²) in [7, 11) is 4.06. The number of rotatable bonds is 3. The van der Waals surface area contributed by atoms with Crippen LogP contribution in [-0.2, 0) is 4.79 Å². The van der Waals surface area contributed by atoms with Gasteiger partial charge in [-0.05, 0) is 14.1 Å². The second kappa shape index (κ2) is 6.59. The van der Waals surface area contributed by atoms with Crippen LogP contribution < -0.4 is 5.32 Å². The monoisotopic (exact) mass is 300 g/mol. The number of nitrogens with one attached hydrogen (secondary N) is 1. The molecule has 2 aliphatic heterocycles. The summed E-state index contributed by atoms with van der Waals surface area (Å²) in [5.41, 5.74) is 0. The van der Waals surface area contributed by atoms with E-state index in [1.54, 1.807) is 0 Å². The Kier molecular flexibility index (Phi) is 5.02. The molecule has 2 rings (SSSR count). The molecule has 1 unspecified atom stereocenters. The molecule has 2 fully saturated rings. The number of β-amino-alcohol motifs (C(OH)–C–C–N with tert-alkyl or cyclic N) is 1. The lowest BCUT2D eigenvalue weighted by Gasteiger charge is -2.38. The Bertz CT molecular complexity index is 406. The standard InChI is InChI=1S/C13H24N4O4/c1-15-3-4-16(2)9(7-15)6-14-13(21)17-8-10(18)5-11(17)12(19)20/h9-11,18H,3-8H2,1-2H3,(H,14,21)(H,19,20)/t9?,10-,11-/m1/s1. The first-order valence-corrected chi connectivity index (χ1v) is 7.22. The molecule has 0 radical (unpaired) electrons. The van der Waals surface area contributed by atoms with Gasteiger partial charge in [-0.1, -0.05) is 0 Å². The lowest BCUT2D eigenvalue weighted by Crippen LogP contribution is -2.56. The number of piperazine rings is 1. The lowest BCUT2D eigenvalue weighted by molar-refractivity contribution is -0.141. The molecule has 0 aromatic carbocycles. The largest absolute Gasteiger partial charge is 0.480 e. The molecule has 21 heavy (non-hydrogen) atoms. The van der Waals surface area contributed by atoms with Crippen molar-refractivity contribution in [3.8, 4) is 0 Å². The van der Waals surface area contributed by atoms with Crippen LogP contribution >= 0.6 is 0 Å². The van der Waals surface area contributed by atoms with Crippen molar-refractivity contribution in [2.24, 2.45) is 0 Å². The van der Waals surface area contributed by atoms with Gasteiger partial charge in [0.2, 0.25) is 0 Å². The highest BCUT2D eigenvalue weighted by Gasteiger charge is 2.39. The SMILES string of the molecule is CN1CCN(C)C(CNC(=O)N2C[C@H](O)C[C@@H]2C(=O)O)C1. The minimum atomic E-state index is -1.07. The van der Waals surface area contributed by atoms with E-state index in [1.807, 2.05) is 14.1 Å². The summed E-state index contributed by atoms with van der Waals surface area (Å²) in [6, 6.07) is -1.14. The van der Waals surface area contributed by atoms with E-state index >= 15 is 0 Å². The maximum Gasteiger partial charge on any atom is 0.326 e. The fourth-order valence-corrected chi connectivity index (χ4v) is 2.90. The lowest BCUT2D eigenvalue weighted by atomic mass is 10.2. The molecule has 0 aromatic heterocycles. The molecule has 2 saturated heterocycles. The number of carbonyl (C=O) groups excluding carboxylic acids is 1. The molecule has 8 heteroatoms. The Balaban J connectivity index is 1.87. The second-order valence-corrected chi connectivity index (χ2v) is 5.98. The van der Waals surface area contributed by atoms with Gasteiger partial charge in [0.25, 0.3) is 0 Å². The third-order valence-electron chi connectivity index (χ3n) is 4.29. The summed E-state index contributed by atoms with van der Waals surface area (Å²) in [4.78, 5) is 28.9. The zero-order valence-electron chi connectivity index (χ0n) is 12.5. The zero-order valence-corrected chi connectivity index (χ0v) is 12.5. The molecule has 120 valence electrons. The van der Waals surface area contributed by atoms with Gasteiger partial charge in [0.05, 0.1) is 6.10 Å². The topological polar surface area (TPSA) is 96.4 Å². The normalized spacial score (nSPS) is 31.4. The third kappa shape index (κ3) is 3.84. The van der Waals surface area contributed by atoms with E-state index in [1.165, 1.54) is 4.90 Å². The number of carbonyl (C=O) groups is 2. The molecule has 3 atom stereocenters. The fourth-order valence-electron chi connectivity index (χ4n) is 2.90. The van der Waals surface area contributed by atoms with Gasteiger partial charge in [0, 0.05) is 45.2 Å². The summed E-state index contributed by atoms with van der Waals surface area (Å²) >= 11 is 0. The van der Waals surface area contributed by atoms with Crippen molar-refractivity contribution in [2.75, 3.05) is 46.8 Å². The Labute approximate surface area is 124 Å². The Hall–Kier alpha value is -1.38. The molecule has 2 amide bonds. The third-order valence-corrected chi connectivity index (χ3v) is 4.29. The van der Waals surface area contributed by atoms with E-state index in [4.69, 9.17) is 5.11 Å². The van der Waals surface area contributed by atoms with Crippen molar-refractivity contribution >= 4 is 12.0 Å². The van der Waals surface area contributed by atoms with E-state index in [0.29, 0.717) is 6.54 Å². The smallest absolute Gasteiger partial charge is 0.326 e. The van der Waals surface area contributed by atoms with E-state index in [0.717, 1.165) is 19.6 Å². The quantitative estimate of drug-likeness (QED) is 0.585. The summed E-state index contributed by atoms with van der Waals surface area (Å²) in [5, 5.41) is 21.5. The maximum absolute atomic E-state index is 12.1. The number of likely N-dealkylation sites (tertiary alicyclic amines) is 1. The molecule has 0 saturated carbocycles. The van der Waals surface area contributed by atoms with E-state index in [2.05, 4.69) is 15.1 Å². The van der Waals surface area contributed by atoms with Crippen molar-refractivity contribution in [1.29, 1.82) is 0 Å². The van der Waals surface area contributed by atoms with Gasteiger partial charge in [-0.15, -0.1) is 0 Å². The van der Waals surface area contributed by atoms with Crippen molar-refractivity contribution in [3.05, 3.63) is 0 Å². The summed E-state index contributed by atoms with van der Waals surface area (Å²) in [6.07, 6.45) is -0.671. The highest BCUT2D eigenvalue weighted by molar-refractivity contribution is 5.83. The van der Waals surface area contributed by atoms with Gasteiger partial charge in [-0.3, -0.25) is 4.90 Å². The number of carboxylic acids is 1. The van der Waals surface area contributed by atoms with Gasteiger partial charge in [-0.2, -0.15) is 0 Å². The van der Waals surface area contributed by atoms with Crippen LogP contribution in [0, 0.1) is 0 Å². The maximum atomic E-state index is 12.1. The predicted molar refractivity (Wildman–Crippen MR) is 76.1 cm³/mol. The number of amides is 2. The first-order valence-electron chi connectivity index (χ1n) is 7.22. The molecule has 2 heterocycles. The van der Waals surface area contributed by atoms with Crippen LogP contribution in [0.4, 0.5) is 4.79 Å². The number of hydrogen-bond donors (Lipinski definition) is 3. The zero-order chi connectivity index (χ0) is 15.6. The van der Waals surface area contributed by atoms with Crippen LogP contribution in [0.5, 0.6) is 0 Å². The number of nitrogens with zero attached hydrogens (tertiary/aromatic N) is 3. The number of aliphatic carboxylic acids is 1. The molecule has 8 nitrogen and oxygen atoms in total. The van der Waals surface area contributed by atoms with Gasteiger partial charge < -0.3 is 25.3 Å². The number of aliphatic hydroxyl groups is 1. The van der Waals surface area contributed by atoms with Crippen LogP contribution in [0.2, 0.25) is 0 Å². The van der Waals surface area contributed by atoms with Crippen LogP contribution in [0.25, 0.3) is 0 Å². The predicted octanol–water partition coefficient (Wildman–Crippen LogP) is -1.54. The average Bonchev–Trinajstić information content (AvgIpc) is 2.82. The number of hydrogen-bond acceptors (Lipinski definition) is 5. The summed E-state index contributed by atoms with van der Waals surface area (Å²) < 4.78 is 0. The minimum Gasteiger partial charge on any atom is -0.480 e. The molecule has 0 bridgehead atoms. The number of carboxylic acid groups (broad SMARTS) is 1. The molecule has 0 aromatic rings. The van der Waals surface area contributed by atoms with Crippen LogP contribution in [0.1, 0.15) is 6.42 Å². The summed E-state index contributed by atoms with van der Waals surface area (Å²) in [5.74, 6) is -1.07. The van der Waals surface area contributed by atoms with Gasteiger partial charge in [-0.25, -0.2) is 9.59 Å². The van der Waals surface area contributed by atoms with Crippen molar-refractivity contribution in [2.45, 2.75) is 24.6 Å². The van der Waals surface area contributed by atoms with E-state index in [9.17, 15) is 14.7 Å². The molecular weight excluding hydrogens is 276 g/mol. The van der Waals surface area contributed by atoms with Crippen molar-refractivity contribution in [1.82, 2.24) is 20.0 Å². The average molecular weight is 300 g/mol.